The van der Waals surface area contributed by atoms with Crippen LogP contribution >= 0.6 is 11.6 Å². The average Bonchev–Trinajstić information content (AvgIpc) is 2.95. The average molecular weight is 365 g/mol. The number of alkyl halides is 3. The number of esters is 1. The summed E-state index contributed by atoms with van der Waals surface area (Å²) in [5, 5.41) is 3.25. The van der Waals surface area contributed by atoms with Crippen LogP contribution in [0.5, 0.6) is 0 Å². The molecule has 0 bridgehead atoms. The third-order valence-corrected chi connectivity index (χ3v) is 3.59. The van der Waals surface area contributed by atoms with Gasteiger partial charge in [0.1, 0.15) is 11.8 Å². The fourth-order valence-electron chi connectivity index (χ4n) is 2.29. The highest BCUT2D eigenvalue weighted by Crippen LogP contribution is 2.23. The Hall–Kier alpha value is -2.07. The van der Waals surface area contributed by atoms with Crippen molar-refractivity contribution in [1.29, 1.82) is 0 Å². The number of ether oxygens (including phenoxy) is 1. The molecule has 0 radical (unpaired) electrons. The topological polar surface area (TPSA) is 80.5 Å². The van der Waals surface area contributed by atoms with Crippen LogP contribution in [0.25, 0.3) is 11.2 Å². The number of aromatic nitrogens is 2. The second-order valence-corrected chi connectivity index (χ2v) is 5.53. The number of fused-ring (bicyclic) bond motifs is 1. The van der Waals surface area contributed by atoms with Gasteiger partial charge in [0, 0.05) is 19.6 Å². The first-order valence-electron chi connectivity index (χ1n) is 6.98. The van der Waals surface area contributed by atoms with E-state index in [0.717, 1.165) is 0 Å². The molecule has 11 heteroatoms. The van der Waals surface area contributed by atoms with Crippen LogP contribution in [0.1, 0.15) is 0 Å². The van der Waals surface area contributed by atoms with Crippen LogP contribution in [-0.2, 0) is 9.53 Å². The number of halogens is 4. The van der Waals surface area contributed by atoms with Crippen molar-refractivity contribution in [2.24, 2.45) is 0 Å². The number of oxazole rings is 1. The third-order valence-electron chi connectivity index (χ3n) is 3.38. The van der Waals surface area contributed by atoms with E-state index < -0.39 is 24.8 Å². The Morgan fingerprint density at radius 2 is 2.25 bits per heavy atom. The van der Waals surface area contributed by atoms with Crippen LogP contribution in [0.2, 0.25) is 5.15 Å². The molecule has 24 heavy (non-hydrogen) atoms. The molecule has 3 heterocycles. The summed E-state index contributed by atoms with van der Waals surface area (Å²) in [7, 11) is 0. The van der Waals surface area contributed by atoms with E-state index in [9.17, 15) is 18.0 Å². The maximum atomic E-state index is 12.1. The minimum atomic E-state index is -5.00. The van der Waals surface area contributed by atoms with Gasteiger partial charge in [-0.1, -0.05) is 11.6 Å². The summed E-state index contributed by atoms with van der Waals surface area (Å²) < 4.78 is 46.3. The molecule has 0 saturated carbocycles. The lowest BCUT2D eigenvalue weighted by Crippen LogP contribution is -2.53. The first-order chi connectivity index (χ1) is 11.3. The second kappa shape index (κ2) is 6.44. The number of anilines is 1. The molecule has 0 aromatic carbocycles. The quantitative estimate of drug-likeness (QED) is 0.656. The lowest BCUT2D eigenvalue weighted by Gasteiger charge is -2.32. The monoisotopic (exact) mass is 364 g/mol. The Labute approximate surface area is 138 Å². The van der Waals surface area contributed by atoms with Gasteiger partial charge < -0.3 is 19.4 Å². The van der Waals surface area contributed by atoms with Gasteiger partial charge in [-0.15, -0.1) is 0 Å². The Bertz CT molecular complexity index is 752. The van der Waals surface area contributed by atoms with E-state index in [1.807, 2.05) is 0 Å². The van der Waals surface area contributed by atoms with Crippen molar-refractivity contribution in [3.05, 3.63) is 17.3 Å². The predicted octanol–water partition coefficient (Wildman–Crippen LogP) is 1.76. The Kier molecular flexibility index (Phi) is 4.50. The van der Waals surface area contributed by atoms with Crippen molar-refractivity contribution in [3.8, 4) is 0 Å². The van der Waals surface area contributed by atoms with Crippen LogP contribution in [-0.4, -0.2) is 54.4 Å². The van der Waals surface area contributed by atoms with Crippen molar-refractivity contribution in [3.63, 3.8) is 0 Å². The van der Waals surface area contributed by atoms with E-state index >= 15 is 0 Å². The van der Waals surface area contributed by atoms with Gasteiger partial charge in [-0.3, -0.25) is 0 Å². The minimum Gasteiger partial charge on any atom is -0.457 e. The van der Waals surface area contributed by atoms with Crippen molar-refractivity contribution in [2.45, 2.75) is 12.2 Å². The number of carbonyl (C=O) groups is 1. The molecule has 1 fully saturated rings. The van der Waals surface area contributed by atoms with E-state index in [-0.39, 0.29) is 17.7 Å². The number of nitrogens with zero attached hydrogens (tertiary/aromatic N) is 3. The van der Waals surface area contributed by atoms with Gasteiger partial charge in [-0.2, -0.15) is 18.2 Å². The maximum absolute atomic E-state index is 12.1. The van der Waals surface area contributed by atoms with Crippen molar-refractivity contribution >= 4 is 34.8 Å². The molecule has 1 atom stereocenters. The minimum absolute atomic E-state index is 0.270. The highest BCUT2D eigenvalue weighted by molar-refractivity contribution is 6.29. The normalized spacial score (nSPS) is 18.8. The lowest BCUT2D eigenvalue weighted by atomic mass is 10.2. The van der Waals surface area contributed by atoms with Crippen molar-refractivity contribution < 1.29 is 27.1 Å². The van der Waals surface area contributed by atoms with Gasteiger partial charge in [0.05, 0.1) is 6.04 Å². The number of piperazine rings is 1. The van der Waals surface area contributed by atoms with Crippen LogP contribution < -0.4 is 10.2 Å². The standard InChI is InChI=1S/C13H12ClF3N4O3/c14-9-2-1-8-10(19-9)20-12(24-8)21-4-3-18-7(5-21)6-23-11(22)13(15,16)17/h1-2,7,18H,3-6H2. The predicted molar refractivity (Wildman–Crippen MR) is 77.8 cm³/mol. The number of hydrogen-bond donors (Lipinski definition) is 1. The highest BCUT2D eigenvalue weighted by atomic mass is 35.5. The summed E-state index contributed by atoms with van der Waals surface area (Å²) in [6.07, 6.45) is -5.00. The zero-order chi connectivity index (χ0) is 17.3. The Balaban J connectivity index is 1.65. The molecule has 1 saturated heterocycles. The summed E-state index contributed by atoms with van der Waals surface area (Å²) in [5.74, 6) is -2.21. The molecule has 2 aromatic rings. The van der Waals surface area contributed by atoms with Crippen LogP contribution in [0.4, 0.5) is 19.2 Å². The molecule has 3 rings (SSSR count). The zero-order valence-electron chi connectivity index (χ0n) is 12.1. The fourth-order valence-corrected chi connectivity index (χ4v) is 2.43. The molecule has 1 unspecified atom stereocenters. The Morgan fingerprint density at radius 1 is 1.46 bits per heavy atom. The summed E-state index contributed by atoms with van der Waals surface area (Å²) >= 11 is 5.79. The molecule has 0 aliphatic carbocycles. The van der Waals surface area contributed by atoms with E-state index in [2.05, 4.69) is 20.0 Å². The van der Waals surface area contributed by atoms with Crippen LogP contribution in [0.15, 0.2) is 16.5 Å². The van der Waals surface area contributed by atoms with Gasteiger partial charge in [-0.25, -0.2) is 9.78 Å². The van der Waals surface area contributed by atoms with Gasteiger partial charge in [0.25, 0.3) is 6.01 Å². The van der Waals surface area contributed by atoms with Gasteiger partial charge in [0.2, 0.25) is 5.65 Å². The molecule has 1 N–H and O–H groups in total. The van der Waals surface area contributed by atoms with Crippen LogP contribution in [0, 0.1) is 0 Å². The van der Waals surface area contributed by atoms with E-state index in [4.69, 9.17) is 16.0 Å². The van der Waals surface area contributed by atoms with Crippen LogP contribution in [0.3, 0.4) is 0 Å². The SMILES string of the molecule is O=C(OCC1CN(c2nc3nc(Cl)ccc3o2)CCN1)C(F)(F)F. The number of rotatable bonds is 3. The summed E-state index contributed by atoms with van der Waals surface area (Å²) in [5.41, 5.74) is 0.795. The third kappa shape index (κ3) is 3.70. The van der Waals surface area contributed by atoms with E-state index in [0.29, 0.717) is 24.3 Å². The largest absolute Gasteiger partial charge is 0.490 e. The summed E-state index contributed by atoms with van der Waals surface area (Å²) in [4.78, 5) is 20.7. The molecule has 2 aromatic heterocycles. The fraction of sp³-hybridized carbons (Fsp3) is 0.462. The molecule has 1 aliphatic heterocycles. The smallest absolute Gasteiger partial charge is 0.457 e. The number of pyridine rings is 1. The summed E-state index contributed by atoms with van der Waals surface area (Å²) in [6, 6.07) is 3.01. The number of carbonyl (C=O) groups excluding carboxylic acids is 1. The molecule has 0 spiro atoms. The Morgan fingerprint density at radius 3 is 3.00 bits per heavy atom. The van der Waals surface area contributed by atoms with Gasteiger partial charge in [-0.05, 0) is 12.1 Å². The zero-order valence-corrected chi connectivity index (χ0v) is 12.9. The maximum Gasteiger partial charge on any atom is 0.490 e. The van der Waals surface area contributed by atoms with E-state index in [1.54, 1.807) is 17.0 Å². The molecule has 1 aliphatic rings. The van der Waals surface area contributed by atoms with E-state index in [1.165, 1.54) is 0 Å². The summed E-state index contributed by atoms with van der Waals surface area (Å²) in [6.45, 7) is 0.871. The second-order valence-electron chi connectivity index (χ2n) is 5.15. The molecule has 7 nitrogen and oxygen atoms in total. The molecule has 130 valence electrons. The molecule has 0 amide bonds. The molecular formula is C13H12ClF3N4O3. The molecular weight excluding hydrogens is 353 g/mol. The first-order valence-corrected chi connectivity index (χ1v) is 7.36. The number of nitrogens with one attached hydrogen (secondary N) is 1. The van der Waals surface area contributed by atoms with Crippen molar-refractivity contribution in [2.75, 3.05) is 31.1 Å². The lowest BCUT2D eigenvalue weighted by molar-refractivity contribution is -0.200. The highest BCUT2D eigenvalue weighted by Gasteiger charge is 2.41. The van der Waals surface area contributed by atoms with Gasteiger partial charge in [0.15, 0.2) is 5.58 Å². The number of hydrogen-bond acceptors (Lipinski definition) is 7. The van der Waals surface area contributed by atoms with Gasteiger partial charge >= 0.3 is 12.1 Å². The first kappa shape index (κ1) is 16.8. The van der Waals surface area contributed by atoms with Crippen molar-refractivity contribution in [1.82, 2.24) is 15.3 Å².